The molecule has 28 heavy (non-hydrogen) atoms. The predicted octanol–water partition coefficient (Wildman–Crippen LogP) is 4.82. The number of benzene rings is 2. The van der Waals surface area contributed by atoms with Gasteiger partial charge in [0.05, 0.1) is 15.9 Å². The first-order chi connectivity index (χ1) is 13.8. The quantitative estimate of drug-likeness (QED) is 0.317. The van der Waals surface area contributed by atoms with Crippen molar-refractivity contribution < 1.29 is 9.53 Å². The van der Waals surface area contributed by atoms with E-state index in [4.69, 9.17) is 9.72 Å². The maximum absolute atomic E-state index is 12.1. The predicted molar refractivity (Wildman–Crippen MR) is 109 cm³/mol. The van der Waals surface area contributed by atoms with Gasteiger partial charge in [-0.15, -0.1) is 0 Å². The van der Waals surface area contributed by atoms with E-state index in [1.165, 1.54) is 11.5 Å². The molecule has 0 saturated carbocycles. The molecule has 5 aromatic rings. The summed E-state index contributed by atoms with van der Waals surface area (Å²) >= 11 is 2.51. The van der Waals surface area contributed by atoms with Crippen LogP contribution in [-0.4, -0.2) is 24.3 Å². The number of para-hydroxylation sites is 2. The lowest BCUT2D eigenvalue weighted by atomic mass is 10.2. The fourth-order valence-electron chi connectivity index (χ4n) is 2.93. The zero-order chi connectivity index (χ0) is 18.9. The van der Waals surface area contributed by atoms with Gasteiger partial charge in [0.1, 0.15) is 10.6 Å². The summed E-state index contributed by atoms with van der Waals surface area (Å²) < 4.78 is 15.6. The largest absolute Gasteiger partial charge is 0.422 e. The van der Waals surface area contributed by atoms with Crippen LogP contribution in [0.15, 0.2) is 73.1 Å². The van der Waals surface area contributed by atoms with Crippen molar-refractivity contribution in [2.45, 2.75) is 0 Å². The molecule has 0 unspecified atom stereocenters. The molecule has 136 valence electrons. The van der Waals surface area contributed by atoms with Crippen LogP contribution in [0.5, 0.6) is 5.75 Å². The Morgan fingerprint density at radius 3 is 2.43 bits per heavy atom. The number of imidazole rings is 1. The number of aromatic nitrogens is 4. The lowest BCUT2D eigenvalue weighted by Gasteiger charge is -2.09. The summed E-state index contributed by atoms with van der Waals surface area (Å²) in [6.07, 6.45) is 3.35. The van der Waals surface area contributed by atoms with Crippen molar-refractivity contribution >= 4 is 40.1 Å². The highest BCUT2D eigenvalue weighted by molar-refractivity contribution is 7.09. The Labute approximate surface area is 168 Å². The molecule has 0 radical (unpaired) electrons. The minimum absolute atomic E-state index is 0.409. The summed E-state index contributed by atoms with van der Waals surface area (Å²) in [5.41, 5.74) is 2.83. The SMILES string of the molecule is O=C(Oc1ccc(-n2c(-c3ccns3)nc3ccccc32)cc1)c1ccns1. The Balaban J connectivity index is 1.53. The Hall–Kier alpha value is -3.36. The van der Waals surface area contributed by atoms with Crippen molar-refractivity contribution in [1.29, 1.82) is 0 Å². The van der Waals surface area contributed by atoms with E-state index >= 15 is 0 Å². The van der Waals surface area contributed by atoms with Crippen LogP contribution in [0.1, 0.15) is 9.67 Å². The maximum atomic E-state index is 12.1. The van der Waals surface area contributed by atoms with Gasteiger partial charge in [0.25, 0.3) is 0 Å². The van der Waals surface area contributed by atoms with Gasteiger partial charge in [-0.2, -0.15) is 0 Å². The third-order valence-electron chi connectivity index (χ3n) is 4.16. The van der Waals surface area contributed by atoms with Gasteiger partial charge < -0.3 is 4.74 Å². The first kappa shape index (κ1) is 16.8. The summed E-state index contributed by atoms with van der Waals surface area (Å²) in [7, 11) is 0. The summed E-state index contributed by atoms with van der Waals surface area (Å²) in [5.74, 6) is 0.901. The van der Waals surface area contributed by atoms with Crippen LogP contribution in [0.2, 0.25) is 0 Å². The van der Waals surface area contributed by atoms with Crippen LogP contribution in [0.3, 0.4) is 0 Å². The number of hydrogen-bond acceptors (Lipinski definition) is 7. The Morgan fingerprint density at radius 2 is 1.68 bits per heavy atom. The molecule has 6 nitrogen and oxygen atoms in total. The lowest BCUT2D eigenvalue weighted by molar-refractivity contribution is 0.0740. The van der Waals surface area contributed by atoms with Gasteiger partial charge in [-0.1, -0.05) is 12.1 Å². The number of carbonyl (C=O) groups excluding carboxylic acids is 1. The number of fused-ring (bicyclic) bond motifs is 1. The second-order valence-corrected chi connectivity index (χ2v) is 7.56. The molecule has 0 atom stereocenters. The standard InChI is InChI=1S/C20H12N4O2S2/c25-20(18-10-12-22-28-18)26-14-7-5-13(6-8-14)24-16-4-2-1-3-15(16)23-19(24)17-9-11-21-27-17/h1-12H. The molecule has 0 aliphatic rings. The van der Waals surface area contributed by atoms with Crippen LogP contribution in [-0.2, 0) is 0 Å². The van der Waals surface area contributed by atoms with Crippen LogP contribution in [0, 0.1) is 0 Å². The number of ether oxygens (including phenoxy) is 1. The fourth-order valence-corrected chi connectivity index (χ4v) is 3.97. The average Bonchev–Trinajstić information content (AvgIpc) is 3.48. The van der Waals surface area contributed by atoms with E-state index in [2.05, 4.69) is 13.3 Å². The molecular formula is C20H12N4O2S2. The maximum Gasteiger partial charge on any atom is 0.355 e. The molecule has 0 aliphatic heterocycles. The van der Waals surface area contributed by atoms with Crippen LogP contribution >= 0.6 is 23.1 Å². The fraction of sp³-hybridized carbons (Fsp3) is 0. The van der Waals surface area contributed by atoms with E-state index in [-0.39, 0.29) is 0 Å². The van der Waals surface area contributed by atoms with Crippen LogP contribution in [0.25, 0.3) is 27.4 Å². The molecule has 0 amide bonds. The van der Waals surface area contributed by atoms with Crippen LogP contribution < -0.4 is 4.74 Å². The molecule has 2 aromatic carbocycles. The number of rotatable bonds is 4. The highest BCUT2D eigenvalue weighted by atomic mass is 32.1. The topological polar surface area (TPSA) is 69.9 Å². The van der Waals surface area contributed by atoms with E-state index < -0.39 is 5.97 Å². The Morgan fingerprint density at radius 1 is 0.893 bits per heavy atom. The minimum Gasteiger partial charge on any atom is -0.422 e. The van der Waals surface area contributed by atoms with Gasteiger partial charge >= 0.3 is 5.97 Å². The number of esters is 1. The first-order valence-corrected chi connectivity index (χ1v) is 9.96. The zero-order valence-electron chi connectivity index (χ0n) is 14.4. The highest BCUT2D eigenvalue weighted by Crippen LogP contribution is 2.31. The van der Waals surface area contributed by atoms with Crippen molar-refractivity contribution in [2.24, 2.45) is 0 Å². The summed E-state index contributed by atoms with van der Waals surface area (Å²) in [5, 5.41) is 0. The van der Waals surface area contributed by atoms with Crippen molar-refractivity contribution in [1.82, 2.24) is 18.3 Å². The van der Waals surface area contributed by atoms with Crippen molar-refractivity contribution in [3.8, 4) is 22.1 Å². The zero-order valence-corrected chi connectivity index (χ0v) is 16.0. The molecule has 0 saturated heterocycles. The molecule has 0 spiro atoms. The van der Waals surface area contributed by atoms with Crippen molar-refractivity contribution in [3.05, 3.63) is 77.9 Å². The molecule has 0 fully saturated rings. The average molecular weight is 404 g/mol. The second kappa shape index (κ2) is 6.99. The van der Waals surface area contributed by atoms with Crippen molar-refractivity contribution in [2.75, 3.05) is 0 Å². The van der Waals surface area contributed by atoms with Gasteiger partial charge in [0.2, 0.25) is 0 Å². The first-order valence-electron chi connectivity index (χ1n) is 8.41. The third kappa shape index (κ3) is 2.98. The van der Waals surface area contributed by atoms with Crippen LogP contribution in [0.4, 0.5) is 0 Å². The van der Waals surface area contributed by atoms with Gasteiger partial charge in [0.15, 0.2) is 5.82 Å². The monoisotopic (exact) mass is 404 g/mol. The molecule has 0 N–H and O–H groups in total. The molecule has 3 aromatic heterocycles. The van der Waals surface area contributed by atoms with Crippen molar-refractivity contribution in [3.63, 3.8) is 0 Å². The lowest BCUT2D eigenvalue weighted by Crippen LogP contribution is -2.06. The summed E-state index contributed by atoms with van der Waals surface area (Å²) in [6, 6.07) is 18.9. The van der Waals surface area contributed by atoms with E-state index in [9.17, 15) is 4.79 Å². The molecular weight excluding hydrogens is 392 g/mol. The minimum atomic E-state index is -0.409. The smallest absolute Gasteiger partial charge is 0.355 e. The highest BCUT2D eigenvalue weighted by Gasteiger charge is 2.16. The van der Waals surface area contributed by atoms with Gasteiger partial charge in [0, 0.05) is 18.1 Å². The van der Waals surface area contributed by atoms with E-state index in [0.717, 1.165) is 39.0 Å². The molecule has 3 heterocycles. The van der Waals surface area contributed by atoms with Gasteiger partial charge in [-0.3, -0.25) is 4.57 Å². The normalized spacial score (nSPS) is 11.0. The van der Waals surface area contributed by atoms with E-state index in [0.29, 0.717) is 10.6 Å². The second-order valence-electron chi connectivity index (χ2n) is 5.90. The third-order valence-corrected chi connectivity index (χ3v) is 5.63. The molecule has 0 bridgehead atoms. The number of hydrogen-bond donors (Lipinski definition) is 0. The molecule has 0 aliphatic carbocycles. The molecule has 5 rings (SSSR count). The summed E-state index contributed by atoms with van der Waals surface area (Å²) in [6.45, 7) is 0. The Kier molecular flexibility index (Phi) is 4.19. The Bertz CT molecular complexity index is 1240. The van der Waals surface area contributed by atoms with Gasteiger partial charge in [-0.05, 0) is 71.6 Å². The van der Waals surface area contributed by atoms with E-state index in [1.807, 2.05) is 42.5 Å². The van der Waals surface area contributed by atoms with E-state index in [1.54, 1.807) is 30.6 Å². The number of nitrogens with zero attached hydrogens (tertiary/aromatic N) is 4. The summed E-state index contributed by atoms with van der Waals surface area (Å²) in [4.78, 5) is 18.3. The van der Waals surface area contributed by atoms with Gasteiger partial charge in [-0.25, -0.2) is 18.5 Å². The number of carbonyl (C=O) groups is 1. The molecule has 8 heteroatoms.